The Kier molecular flexibility index (Phi) is 4.94. The molecule has 4 atom stereocenters. The second-order valence-corrected chi connectivity index (χ2v) is 9.44. The molecule has 9 heteroatoms. The molecule has 0 amide bonds. The standard InChI is InChI=1S/C24H20Cl2N4O3/c1-24(2)32-19-18(6-4-13-3-5-14-10-15(25)11-27-17(14)9-13)31-23(20(19)33-24)30-8-7-16-21(26)28-12-29-22(16)30/h3-12,18-20,23H,1-2H3/b6-4+/t18-,19-,20-,23-/m1/s1. The Morgan fingerprint density at radius 1 is 1.03 bits per heavy atom. The summed E-state index contributed by atoms with van der Waals surface area (Å²) >= 11 is 12.3. The van der Waals surface area contributed by atoms with E-state index in [0.717, 1.165) is 21.9 Å². The molecule has 2 aliphatic heterocycles. The van der Waals surface area contributed by atoms with Gasteiger partial charge in [0.15, 0.2) is 12.0 Å². The zero-order valence-electron chi connectivity index (χ0n) is 17.9. The molecule has 0 saturated carbocycles. The van der Waals surface area contributed by atoms with E-state index in [4.69, 9.17) is 37.4 Å². The van der Waals surface area contributed by atoms with Crippen LogP contribution < -0.4 is 0 Å². The van der Waals surface area contributed by atoms with Crippen molar-refractivity contribution in [3.8, 4) is 0 Å². The number of aromatic nitrogens is 4. The maximum absolute atomic E-state index is 6.43. The van der Waals surface area contributed by atoms with Crippen LogP contribution in [-0.2, 0) is 14.2 Å². The van der Waals surface area contributed by atoms with E-state index in [1.54, 1.807) is 6.20 Å². The summed E-state index contributed by atoms with van der Waals surface area (Å²) in [6.45, 7) is 3.83. The number of rotatable bonds is 3. The lowest BCUT2D eigenvalue weighted by Gasteiger charge is -2.24. The molecule has 0 N–H and O–H groups in total. The van der Waals surface area contributed by atoms with Crippen LogP contribution in [0.5, 0.6) is 0 Å². The van der Waals surface area contributed by atoms with Crippen LogP contribution in [0.4, 0.5) is 0 Å². The summed E-state index contributed by atoms with van der Waals surface area (Å²) in [5.41, 5.74) is 2.57. The molecular formula is C24H20Cl2N4O3. The van der Waals surface area contributed by atoms with Crippen LogP contribution >= 0.6 is 23.2 Å². The average Bonchev–Trinajstić information content (AvgIpc) is 3.44. The van der Waals surface area contributed by atoms with E-state index in [9.17, 15) is 0 Å². The molecule has 0 spiro atoms. The molecule has 0 aliphatic carbocycles. The lowest BCUT2D eigenvalue weighted by Crippen LogP contribution is -2.28. The SMILES string of the molecule is CC1(C)O[C@@H]2[C@H](O1)[C@@H](/C=C/c1ccc3cc(Cl)cnc3c1)O[C@H]2n1ccc2c(Cl)ncnc21. The number of hydrogen-bond donors (Lipinski definition) is 0. The first kappa shape index (κ1) is 21.0. The molecule has 1 aromatic carbocycles. The second-order valence-electron chi connectivity index (χ2n) is 8.65. The van der Waals surface area contributed by atoms with Gasteiger partial charge >= 0.3 is 0 Å². The van der Waals surface area contributed by atoms with Crippen LogP contribution in [0.2, 0.25) is 10.2 Å². The molecule has 5 heterocycles. The van der Waals surface area contributed by atoms with Crippen molar-refractivity contribution in [1.29, 1.82) is 0 Å². The summed E-state index contributed by atoms with van der Waals surface area (Å²) in [6, 6.07) is 9.82. The van der Waals surface area contributed by atoms with Gasteiger partial charge in [0.05, 0.1) is 15.9 Å². The Bertz CT molecular complexity index is 1400. The highest BCUT2D eigenvalue weighted by atomic mass is 35.5. The van der Waals surface area contributed by atoms with Gasteiger partial charge in [-0.2, -0.15) is 0 Å². The van der Waals surface area contributed by atoms with E-state index >= 15 is 0 Å². The lowest BCUT2D eigenvalue weighted by molar-refractivity contribution is -0.191. The fraction of sp³-hybridized carbons (Fsp3) is 0.292. The van der Waals surface area contributed by atoms with E-state index in [2.05, 4.69) is 15.0 Å². The average molecular weight is 483 g/mol. The quantitative estimate of drug-likeness (QED) is 0.363. The normalized spacial score (nSPS) is 26.5. The van der Waals surface area contributed by atoms with Crippen LogP contribution in [0.15, 0.2) is 55.1 Å². The Balaban J connectivity index is 1.33. The molecule has 3 aromatic heterocycles. The zero-order chi connectivity index (χ0) is 22.7. The Morgan fingerprint density at radius 3 is 2.76 bits per heavy atom. The van der Waals surface area contributed by atoms with Gasteiger partial charge in [-0.1, -0.05) is 47.5 Å². The largest absolute Gasteiger partial charge is 0.345 e. The number of halogens is 2. The number of ether oxygens (including phenoxy) is 3. The minimum absolute atomic E-state index is 0.270. The van der Waals surface area contributed by atoms with Gasteiger partial charge in [-0.15, -0.1) is 0 Å². The second kappa shape index (κ2) is 7.75. The first-order chi connectivity index (χ1) is 15.9. The van der Waals surface area contributed by atoms with Crippen molar-refractivity contribution >= 4 is 51.2 Å². The summed E-state index contributed by atoms with van der Waals surface area (Å²) in [5.74, 6) is -0.717. The summed E-state index contributed by atoms with van der Waals surface area (Å²) in [4.78, 5) is 12.9. The molecule has 4 aromatic rings. The summed E-state index contributed by atoms with van der Waals surface area (Å²) in [7, 11) is 0. The molecule has 2 fully saturated rings. The number of fused-ring (bicyclic) bond motifs is 3. The van der Waals surface area contributed by atoms with Crippen LogP contribution in [-0.4, -0.2) is 43.6 Å². The molecule has 7 nitrogen and oxygen atoms in total. The smallest absolute Gasteiger partial charge is 0.165 e. The van der Waals surface area contributed by atoms with Gasteiger partial charge < -0.3 is 18.8 Å². The van der Waals surface area contributed by atoms with Gasteiger partial charge in [-0.25, -0.2) is 9.97 Å². The molecule has 0 radical (unpaired) electrons. The summed E-state index contributed by atoms with van der Waals surface area (Å²) in [6.07, 6.45) is 7.70. The molecule has 6 rings (SSSR count). The van der Waals surface area contributed by atoms with Crippen molar-refractivity contribution in [1.82, 2.24) is 19.5 Å². The van der Waals surface area contributed by atoms with Gasteiger partial charge in [0, 0.05) is 17.8 Å². The highest BCUT2D eigenvalue weighted by Crippen LogP contribution is 2.44. The predicted octanol–water partition coefficient (Wildman–Crippen LogP) is 5.42. The van der Waals surface area contributed by atoms with Gasteiger partial charge in [0.2, 0.25) is 0 Å². The number of pyridine rings is 1. The molecule has 0 bridgehead atoms. The van der Waals surface area contributed by atoms with Gasteiger partial charge in [-0.05, 0) is 37.6 Å². The highest BCUT2D eigenvalue weighted by Gasteiger charge is 2.55. The van der Waals surface area contributed by atoms with E-state index < -0.39 is 12.0 Å². The van der Waals surface area contributed by atoms with Crippen LogP contribution in [0.25, 0.3) is 28.0 Å². The van der Waals surface area contributed by atoms with Crippen molar-refractivity contribution in [3.63, 3.8) is 0 Å². The van der Waals surface area contributed by atoms with Crippen molar-refractivity contribution in [2.75, 3.05) is 0 Å². The fourth-order valence-corrected chi connectivity index (χ4v) is 4.91. The topological polar surface area (TPSA) is 71.3 Å². The van der Waals surface area contributed by atoms with E-state index in [0.29, 0.717) is 15.8 Å². The van der Waals surface area contributed by atoms with Crippen molar-refractivity contribution in [2.24, 2.45) is 0 Å². The molecule has 2 aliphatic rings. The Morgan fingerprint density at radius 2 is 1.88 bits per heavy atom. The van der Waals surface area contributed by atoms with Crippen LogP contribution in [0.1, 0.15) is 25.6 Å². The lowest BCUT2D eigenvalue weighted by atomic mass is 10.1. The van der Waals surface area contributed by atoms with Crippen LogP contribution in [0.3, 0.4) is 0 Å². The van der Waals surface area contributed by atoms with Crippen molar-refractivity contribution in [2.45, 2.75) is 44.2 Å². The van der Waals surface area contributed by atoms with Gasteiger partial charge in [0.1, 0.15) is 35.4 Å². The first-order valence-electron chi connectivity index (χ1n) is 10.6. The Hall–Kier alpha value is -2.55. The monoisotopic (exact) mass is 482 g/mol. The maximum Gasteiger partial charge on any atom is 0.165 e. The molecular weight excluding hydrogens is 463 g/mol. The molecule has 33 heavy (non-hydrogen) atoms. The number of hydrogen-bond acceptors (Lipinski definition) is 6. The minimum Gasteiger partial charge on any atom is -0.345 e. The number of nitrogens with zero attached hydrogens (tertiary/aromatic N) is 4. The molecule has 2 saturated heterocycles. The third-order valence-electron chi connectivity index (χ3n) is 5.95. The maximum atomic E-state index is 6.43. The van der Waals surface area contributed by atoms with Gasteiger partial charge in [0.25, 0.3) is 0 Å². The van der Waals surface area contributed by atoms with Crippen LogP contribution in [0, 0.1) is 0 Å². The Labute approximate surface area is 199 Å². The van der Waals surface area contributed by atoms with E-state index in [1.807, 2.05) is 67.1 Å². The van der Waals surface area contributed by atoms with E-state index in [1.165, 1.54) is 6.33 Å². The minimum atomic E-state index is -0.717. The highest BCUT2D eigenvalue weighted by molar-refractivity contribution is 6.33. The third kappa shape index (κ3) is 3.70. The molecule has 0 unspecified atom stereocenters. The zero-order valence-corrected chi connectivity index (χ0v) is 19.4. The van der Waals surface area contributed by atoms with Crippen molar-refractivity contribution in [3.05, 3.63) is 70.9 Å². The van der Waals surface area contributed by atoms with E-state index in [-0.39, 0.29) is 18.3 Å². The first-order valence-corrected chi connectivity index (χ1v) is 11.4. The van der Waals surface area contributed by atoms with Gasteiger partial charge in [-0.3, -0.25) is 4.98 Å². The summed E-state index contributed by atoms with van der Waals surface area (Å²) < 4.78 is 20.8. The number of benzene rings is 1. The predicted molar refractivity (Wildman–Crippen MR) is 126 cm³/mol. The fourth-order valence-electron chi connectivity index (χ4n) is 4.55. The summed E-state index contributed by atoms with van der Waals surface area (Å²) in [5, 5.41) is 2.78. The molecule has 168 valence electrons. The van der Waals surface area contributed by atoms with Crippen molar-refractivity contribution < 1.29 is 14.2 Å². The third-order valence-corrected chi connectivity index (χ3v) is 6.46.